The predicted octanol–water partition coefficient (Wildman–Crippen LogP) is 4.99. The van der Waals surface area contributed by atoms with Crippen LogP contribution in [-0.2, 0) is 0 Å². The van der Waals surface area contributed by atoms with Gasteiger partial charge in [0.25, 0.3) is 0 Å². The summed E-state index contributed by atoms with van der Waals surface area (Å²) < 4.78 is 5.74. The van der Waals surface area contributed by atoms with E-state index >= 15 is 0 Å². The van der Waals surface area contributed by atoms with Gasteiger partial charge in [-0.15, -0.1) is 0 Å². The van der Waals surface area contributed by atoms with Gasteiger partial charge in [-0.05, 0) is 55.0 Å². The van der Waals surface area contributed by atoms with E-state index in [4.69, 9.17) is 9.84 Å². The van der Waals surface area contributed by atoms with Gasteiger partial charge in [0.2, 0.25) is 0 Å². The first-order valence-corrected chi connectivity index (χ1v) is 8.58. The largest absolute Gasteiger partial charge is 0.494 e. The third kappa shape index (κ3) is 4.63. The number of hydrogen-bond donors (Lipinski definition) is 1. The Kier molecular flexibility index (Phi) is 5.88. The zero-order chi connectivity index (χ0) is 18.2. The zero-order valence-corrected chi connectivity index (χ0v) is 14.4. The highest BCUT2D eigenvalue weighted by Gasteiger charge is 2.08. The van der Waals surface area contributed by atoms with Crippen LogP contribution in [0.5, 0.6) is 5.75 Å². The molecule has 4 heteroatoms. The average Bonchev–Trinajstić information content (AvgIpc) is 2.70. The molecule has 0 saturated heterocycles. The summed E-state index contributed by atoms with van der Waals surface area (Å²) in [5.74, 6) is -0.251. The summed E-state index contributed by atoms with van der Waals surface area (Å²) in [4.78, 5) is 13.1. The summed E-state index contributed by atoms with van der Waals surface area (Å²) in [7, 11) is 0. The van der Waals surface area contributed by atoms with Crippen molar-refractivity contribution in [3.63, 3.8) is 0 Å². The second-order valence-corrected chi connectivity index (χ2v) is 5.85. The average molecular weight is 347 g/mol. The number of hydrogen-bond acceptors (Lipinski definition) is 3. The Labute approximate surface area is 153 Å². The Hall–Kier alpha value is -3.27. The first kappa shape index (κ1) is 17.5. The molecule has 0 atom stereocenters. The van der Waals surface area contributed by atoms with E-state index in [1.807, 2.05) is 36.4 Å². The predicted molar refractivity (Wildman–Crippen MR) is 103 cm³/mol. The highest BCUT2D eigenvalue weighted by Crippen LogP contribution is 2.25. The minimum Gasteiger partial charge on any atom is -0.494 e. The van der Waals surface area contributed by atoms with Crippen LogP contribution in [0.25, 0.3) is 0 Å². The van der Waals surface area contributed by atoms with Crippen LogP contribution in [-0.4, -0.2) is 24.2 Å². The summed E-state index contributed by atoms with van der Waals surface area (Å²) in [5.41, 5.74) is 2.55. The van der Waals surface area contributed by atoms with E-state index in [0.717, 1.165) is 24.3 Å². The molecule has 0 aliphatic carbocycles. The molecule has 132 valence electrons. The number of nitrogens with zero attached hydrogens (tertiary/aromatic N) is 1. The molecular formula is C22H21NO3. The Bertz CT molecular complexity index is 778. The zero-order valence-electron chi connectivity index (χ0n) is 14.4. The quantitative estimate of drug-likeness (QED) is 0.583. The van der Waals surface area contributed by atoms with Crippen LogP contribution in [0.2, 0.25) is 0 Å². The number of benzene rings is 3. The van der Waals surface area contributed by atoms with Gasteiger partial charge in [0.15, 0.2) is 0 Å². The minimum atomic E-state index is -0.932. The number of para-hydroxylation sites is 2. The first-order chi connectivity index (χ1) is 12.7. The number of carboxylic acid groups (broad SMARTS) is 1. The number of rotatable bonds is 8. The molecule has 1 N–H and O–H groups in total. The van der Waals surface area contributed by atoms with Gasteiger partial charge in [-0.25, -0.2) is 4.79 Å². The van der Waals surface area contributed by atoms with Gasteiger partial charge >= 0.3 is 5.97 Å². The van der Waals surface area contributed by atoms with E-state index in [-0.39, 0.29) is 5.56 Å². The fourth-order valence-corrected chi connectivity index (χ4v) is 2.73. The van der Waals surface area contributed by atoms with Crippen molar-refractivity contribution in [2.75, 3.05) is 18.1 Å². The standard InChI is InChI=1S/C22H21NO3/c24-22(25)18-12-14-21(15-13-18)26-17-7-16-23(19-8-3-1-4-9-19)20-10-5-2-6-11-20/h1-6,8-15H,7,16-17H2,(H,24,25). The van der Waals surface area contributed by atoms with E-state index in [0.29, 0.717) is 12.4 Å². The van der Waals surface area contributed by atoms with Crippen molar-refractivity contribution in [1.29, 1.82) is 0 Å². The van der Waals surface area contributed by atoms with Crippen LogP contribution in [0, 0.1) is 0 Å². The molecule has 0 aliphatic heterocycles. The van der Waals surface area contributed by atoms with E-state index < -0.39 is 5.97 Å². The third-order valence-electron chi connectivity index (χ3n) is 4.03. The van der Waals surface area contributed by atoms with Gasteiger partial charge in [-0.2, -0.15) is 0 Å². The van der Waals surface area contributed by atoms with Crippen molar-refractivity contribution >= 4 is 17.3 Å². The number of ether oxygens (including phenoxy) is 1. The Morgan fingerprint density at radius 2 is 1.35 bits per heavy atom. The fourth-order valence-electron chi connectivity index (χ4n) is 2.73. The Morgan fingerprint density at radius 1 is 0.808 bits per heavy atom. The van der Waals surface area contributed by atoms with Crippen LogP contribution in [0.15, 0.2) is 84.9 Å². The van der Waals surface area contributed by atoms with Gasteiger partial charge < -0.3 is 14.7 Å². The molecule has 3 aromatic rings. The maximum absolute atomic E-state index is 10.9. The maximum atomic E-state index is 10.9. The summed E-state index contributed by atoms with van der Waals surface area (Å²) in [6.07, 6.45) is 0.838. The Morgan fingerprint density at radius 3 is 1.85 bits per heavy atom. The molecule has 0 aromatic heterocycles. The summed E-state index contributed by atoms with van der Waals surface area (Å²) in [6, 6.07) is 27.0. The van der Waals surface area contributed by atoms with Crippen molar-refractivity contribution in [2.24, 2.45) is 0 Å². The highest BCUT2D eigenvalue weighted by molar-refractivity contribution is 5.87. The lowest BCUT2D eigenvalue weighted by atomic mass is 10.2. The van der Waals surface area contributed by atoms with E-state index in [1.165, 1.54) is 0 Å². The van der Waals surface area contributed by atoms with Gasteiger partial charge in [0.05, 0.1) is 12.2 Å². The fraction of sp³-hybridized carbons (Fsp3) is 0.136. The Balaban J connectivity index is 1.59. The number of anilines is 2. The molecule has 0 unspecified atom stereocenters. The summed E-state index contributed by atoms with van der Waals surface area (Å²) >= 11 is 0. The molecular weight excluding hydrogens is 326 g/mol. The highest BCUT2D eigenvalue weighted by atomic mass is 16.5. The van der Waals surface area contributed by atoms with Crippen LogP contribution < -0.4 is 9.64 Å². The lowest BCUT2D eigenvalue weighted by molar-refractivity contribution is 0.0697. The van der Waals surface area contributed by atoms with Crippen LogP contribution in [0.4, 0.5) is 11.4 Å². The second kappa shape index (κ2) is 8.72. The second-order valence-electron chi connectivity index (χ2n) is 5.85. The lowest BCUT2D eigenvalue weighted by Crippen LogP contribution is -2.20. The normalized spacial score (nSPS) is 10.3. The number of carboxylic acids is 1. The number of aromatic carboxylic acids is 1. The van der Waals surface area contributed by atoms with Crippen molar-refractivity contribution in [3.8, 4) is 5.75 Å². The van der Waals surface area contributed by atoms with Crippen molar-refractivity contribution in [1.82, 2.24) is 0 Å². The van der Waals surface area contributed by atoms with Gasteiger partial charge in [-0.3, -0.25) is 0 Å². The summed E-state index contributed by atoms with van der Waals surface area (Å²) in [6.45, 7) is 1.38. The molecule has 0 bridgehead atoms. The third-order valence-corrected chi connectivity index (χ3v) is 4.03. The molecule has 3 rings (SSSR count). The molecule has 4 nitrogen and oxygen atoms in total. The van der Waals surface area contributed by atoms with Gasteiger partial charge in [0.1, 0.15) is 5.75 Å². The molecule has 0 spiro atoms. The van der Waals surface area contributed by atoms with Crippen LogP contribution >= 0.6 is 0 Å². The monoisotopic (exact) mass is 347 g/mol. The van der Waals surface area contributed by atoms with E-state index in [2.05, 4.69) is 29.2 Å². The topological polar surface area (TPSA) is 49.8 Å². The van der Waals surface area contributed by atoms with Crippen LogP contribution in [0.3, 0.4) is 0 Å². The van der Waals surface area contributed by atoms with E-state index in [1.54, 1.807) is 24.3 Å². The van der Waals surface area contributed by atoms with Crippen molar-refractivity contribution in [2.45, 2.75) is 6.42 Å². The van der Waals surface area contributed by atoms with E-state index in [9.17, 15) is 4.79 Å². The molecule has 3 aromatic carbocycles. The molecule has 0 fully saturated rings. The number of carbonyl (C=O) groups is 1. The maximum Gasteiger partial charge on any atom is 0.335 e. The van der Waals surface area contributed by atoms with Crippen molar-refractivity contribution in [3.05, 3.63) is 90.5 Å². The molecule has 0 amide bonds. The summed E-state index contributed by atoms with van der Waals surface area (Å²) in [5, 5.41) is 8.92. The smallest absolute Gasteiger partial charge is 0.335 e. The van der Waals surface area contributed by atoms with Gasteiger partial charge in [0, 0.05) is 17.9 Å². The minimum absolute atomic E-state index is 0.261. The van der Waals surface area contributed by atoms with Crippen molar-refractivity contribution < 1.29 is 14.6 Å². The molecule has 26 heavy (non-hydrogen) atoms. The molecule has 0 radical (unpaired) electrons. The SMILES string of the molecule is O=C(O)c1ccc(OCCCN(c2ccccc2)c2ccccc2)cc1. The van der Waals surface area contributed by atoms with Crippen LogP contribution in [0.1, 0.15) is 16.8 Å². The first-order valence-electron chi connectivity index (χ1n) is 8.58. The lowest BCUT2D eigenvalue weighted by Gasteiger charge is -2.25. The van der Waals surface area contributed by atoms with Gasteiger partial charge in [-0.1, -0.05) is 36.4 Å². The molecule has 0 aliphatic rings. The molecule has 0 heterocycles. The molecule has 0 saturated carbocycles.